The summed E-state index contributed by atoms with van der Waals surface area (Å²) in [4.78, 5) is 2.04. The van der Waals surface area contributed by atoms with E-state index in [1.54, 1.807) is 31.4 Å². The zero-order chi connectivity index (χ0) is 17.4. The Kier molecular flexibility index (Phi) is 6.62. The maximum absolute atomic E-state index is 10.1. The SMILES string of the molecule is COc1ccc(CN(C)C[C@H](O)COc2ccc(C#N)cc2)cc1. The van der Waals surface area contributed by atoms with E-state index < -0.39 is 6.10 Å². The van der Waals surface area contributed by atoms with Gasteiger partial charge < -0.3 is 14.6 Å². The highest BCUT2D eigenvalue weighted by Gasteiger charge is 2.10. The molecule has 5 heteroatoms. The van der Waals surface area contributed by atoms with E-state index in [1.807, 2.05) is 36.2 Å². The smallest absolute Gasteiger partial charge is 0.119 e. The number of rotatable bonds is 8. The number of ether oxygens (including phenoxy) is 2. The molecule has 2 aromatic rings. The summed E-state index contributed by atoms with van der Waals surface area (Å²) in [5.74, 6) is 1.48. The Morgan fingerprint density at radius 1 is 1.08 bits per heavy atom. The van der Waals surface area contributed by atoms with E-state index in [0.29, 0.717) is 17.9 Å². The van der Waals surface area contributed by atoms with E-state index in [4.69, 9.17) is 14.7 Å². The van der Waals surface area contributed by atoms with Crippen LogP contribution in [0.1, 0.15) is 11.1 Å². The molecule has 1 N–H and O–H groups in total. The molecule has 0 aliphatic heterocycles. The third kappa shape index (κ3) is 5.58. The molecule has 0 amide bonds. The summed E-state index contributed by atoms with van der Waals surface area (Å²) in [5, 5.41) is 18.9. The van der Waals surface area contributed by atoms with Gasteiger partial charge in [0.05, 0.1) is 18.7 Å². The Balaban J connectivity index is 1.75. The normalized spacial score (nSPS) is 11.8. The van der Waals surface area contributed by atoms with Gasteiger partial charge in [0.2, 0.25) is 0 Å². The molecule has 0 bridgehead atoms. The molecule has 0 fully saturated rings. The maximum atomic E-state index is 10.1. The minimum atomic E-state index is -0.594. The molecule has 126 valence electrons. The van der Waals surface area contributed by atoms with Crippen LogP contribution in [-0.2, 0) is 6.54 Å². The zero-order valence-electron chi connectivity index (χ0n) is 14.0. The summed E-state index contributed by atoms with van der Waals surface area (Å²) in [6, 6.07) is 16.8. The Labute approximate surface area is 142 Å². The first-order chi connectivity index (χ1) is 11.6. The van der Waals surface area contributed by atoms with Gasteiger partial charge in [-0.2, -0.15) is 5.26 Å². The zero-order valence-corrected chi connectivity index (χ0v) is 14.0. The Hall–Kier alpha value is -2.55. The summed E-state index contributed by atoms with van der Waals surface area (Å²) >= 11 is 0. The molecule has 0 radical (unpaired) electrons. The molecule has 5 nitrogen and oxygen atoms in total. The predicted molar refractivity (Wildman–Crippen MR) is 92.0 cm³/mol. The molecule has 24 heavy (non-hydrogen) atoms. The van der Waals surface area contributed by atoms with E-state index >= 15 is 0 Å². The minimum absolute atomic E-state index is 0.207. The molecule has 0 heterocycles. The van der Waals surface area contributed by atoms with Crippen molar-refractivity contribution in [2.24, 2.45) is 0 Å². The van der Waals surface area contributed by atoms with Gasteiger partial charge >= 0.3 is 0 Å². The lowest BCUT2D eigenvalue weighted by Gasteiger charge is -2.21. The van der Waals surface area contributed by atoms with Gasteiger partial charge in [0.15, 0.2) is 0 Å². The van der Waals surface area contributed by atoms with Gasteiger partial charge in [0.1, 0.15) is 24.2 Å². The molecule has 2 rings (SSSR count). The molecule has 0 spiro atoms. The van der Waals surface area contributed by atoms with E-state index in [-0.39, 0.29) is 6.61 Å². The highest BCUT2D eigenvalue weighted by Crippen LogP contribution is 2.14. The van der Waals surface area contributed by atoms with E-state index in [0.717, 1.165) is 17.9 Å². The van der Waals surface area contributed by atoms with Gasteiger partial charge in [-0.25, -0.2) is 0 Å². The number of hydrogen-bond acceptors (Lipinski definition) is 5. The van der Waals surface area contributed by atoms with E-state index in [2.05, 4.69) is 6.07 Å². The lowest BCUT2D eigenvalue weighted by atomic mass is 10.2. The van der Waals surface area contributed by atoms with Crippen LogP contribution in [0.25, 0.3) is 0 Å². The monoisotopic (exact) mass is 326 g/mol. The molecular formula is C19H22N2O3. The van der Waals surface area contributed by atoms with Gasteiger partial charge in [-0.15, -0.1) is 0 Å². The second kappa shape index (κ2) is 8.92. The summed E-state index contributed by atoms with van der Waals surface area (Å²) in [5.41, 5.74) is 1.74. The van der Waals surface area contributed by atoms with Gasteiger partial charge in [-0.1, -0.05) is 12.1 Å². The molecule has 0 saturated heterocycles. The Morgan fingerprint density at radius 3 is 2.29 bits per heavy atom. The number of likely N-dealkylation sites (N-methyl/N-ethyl adjacent to an activating group) is 1. The van der Waals surface area contributed by atoms with Crippen molar-refractivity contribution in [2.45, 2.75) is 12.6 Å². The first kappa shape index (κ1) is 17.8. The van der Waals surface area contributed by atoms with Gasteiger partial charge in [-0.05, 0) is 49.0 Å². The van der Waals surface area contributed by atoms with Crippen LogP contribution in [-0.4, -0.2) is 43.4 Å². The standard InChI is InChI=1S/C19H22N2O3/c1-21(12-16-5-7-18(23-2)8-6-16)13-17(22)14-24-19-9-3-15(11-20)4-10-19/h3-10,17,22H,12-14H2,1-2H3/t17-/m0/s1. The van der Waals surface area contributed by atoms with Crippen molar-refractivity contribution in [3.8, 4) is 17.6 Å². The molecule has 2 aromatic carbocycles. The van der Waals surface area contributed by atoms with Crippen molar-refractivity contribution in [3.05, 3.63) is 59.7 Å². The van der Waals surface area contributed by atoms with Crippen molar-refractivity contribution in [3.63, 3.8) is 0 Å². The number of nitrogens with zero attached hydrogens (tertiary/aromatic N) is 2. The Bertz CT molecular complexity index is 663. The maximum Gasteiger partial charge on any atom is 0.119 e. The van der Waals surface area contributed by atoms with Gasteiger partial charge in [0.25, 0.3) is 0 Å². The average Bonchev–Trinajstić information content (AvgIpc) is 2.61. The van der Waals surface area contributed by atoms with Crippen LogP contribution in [0.15, 0.2) is 48.5 Å². The Morgan fingerprint density at radius 2 is 1.71 bits per heavy atom. The van der Waals surface area contributed by atoms with Crippen LogP contribution in [0.4, 0.5) is 0 Å². The third-order valence-electron chi connectivity index (χ3n) is 3.56. The van der Waals surface area contributed by atoms with E-state index in [9.17, 15) is 5.11 Å². The molecule has 0 saturated carbocycles. The number of aliphatic hydroxyl groups is 1. The summed E-state index contributed by atoms with van der Waals surface area (Å²) in [6.45, 7) is 1.44. The lowest BCUT2D eigenvalue weighted by Crippen LogP contribution is -2.32. The second-order valence-electron chi connectivity index (χ2n) is 5.65. The van der Waals surface area contributed by atoms with Crippen molar-refractivity contribution >= 4 is 0 Å². The molecule has 0 unspecified atom stereocenters. The first-order valence-electron chi connectivity index (χ1n) is 7.73. The van der Waals surface area contributed by atoms with Gasteiger partial charge in [0, 0.05) is 13.1 Å². The highest BCUT2D eigenvalue weighted by molar-refractivity contribution is 5.34. The topological polar surface area (TPSA) is 65.7 Å². The first-order valence-corrected chi connectivity index (χ1v) is 7.73. The van der Waals surface area contributed by atoms with Crippen LogP contribution in [0.2, 0.25) is 0 Å². The number of benzene rings is 2. The predicted octanol–water partition coefficient (Wildman–Crippen LogP) is 2.44. The van der Waals surface area contributed by atoms with Crippen LogP contribution in [0, 0.1) is 11.3 Å². The molecule has 0 aromatic heterocycles. The quantitative estimate of drug-likeness (QED) is 0.807. The molecule has 1 atom stereocenters. The van der Waals surface area contributed by atoms with Crippen molar-refractivity contribution in [2.75, 3.05) is 27.3 Å². The van der Waals surface area contributed by atoms with Crippen LogP contribution in [0.3, 0.4) is 0 Å². The molecule has 0 aliphatic rings. The average molecular weight is 326 g/mol. The highest BCUT2D eigenvalue weighted by atomic mass is 16.5. The lowest BCUT2D eigenvalue weighted by molar-refractivity contribution is 0.0744. The van der Waals surface area contributed by atoms with Crippen LogP contribution < -0.4 is 9.47 Å². The largest absolute Gasteiger partial charge is 0.497 e. The minimum Gasteiger partial charge on any atom is -0.497 e. The van der Waals surface area contributed by atoms with Crippen molar-refractivity contribution in [1.29, 1.82) is 5.26 Å². The van der Waals surface area contributed by atoms with E-state index in [1.165, 1.54) is 0 Å². The molecule has 0 aliphatic carbocycles. The second-order valence-corrected chi connectivity index (χ2v) is 5.65. The summed E-state index contributed by atoms with van der Waals surface area (Å²) in [7, 11) is 3.60. The molecular weight excluding hydrogens is 304 g/mol. The number of methoxy groups -OCH3 is 1. The van der Waals surface area contributed by atoms with Crippen molar-refractivity contribution < 1.29 is 14.6 Å². The van der Waals surface area contributed by atoms with Crippen molar-refractivity contribution in [1.82, 2.24) is 4.90 Å². The fourth-order valence-electron chi connectivity index (χ4n) is 2.34. The summed E-state index contributed by atoms with van der Waals surface area (Å²) in [6.07, 6.45) is -0.594. The summed E-state index contributed by atoms with van der Waals surface area (Å²) < 4.78 is 10.7. The van der Waals surface area contributed by atoms with Crippen LogP contribution in [0.5, 0.6) is 11.5 Å². The third-order valence-corrected chi connectivity index (χ3v) is 3.56. The fraction of sp³-hybridized carbons (Fsp3) is 0.316. The number of aliphatic hydroxyl groups excluding tert-OH is 1. The number of hydrogen-bond donors (Lipinski definition) is 1. The number of nitriles is 1. The van der Waals surface area contributed by atoms with Crippen LogP contribution >= 0.6 is 0 Å². The fourth-order valence-corrected chi connectivity index (χ4v) is 2.34. The van der Waals surface area contributed by atoms with Gasteiger partial charge in [-0.3, -0.25) is 4.90 Å².